The van der Waals surface area contributed by atoms with Gasteiger partial charge in [-0.05, 0) is 37.5 Å². The van der Waals surface area contributed by atoms with Crippen molar-refractivity contribution in [3.63, 3.8) is 0 Å². The molecule has 108 valence electrons. The lowest BCUT2D eigenvalue weighted by molar-refractivity contribution is 0.0696. The van der Waals surface area contributed by atoms with Gasteiger partial charge in [-0.25, -0.2) is 9.59 Å². The first-order valence-electron chi connectivity index (χ1n) is 6.55. The summed E-state index contributed by atoms with van der Waals surface area (Å²) in [5.41, 5.74) is 1.45. The zero-order valence-corrected chi connectivity index (χ0v) is 11.3. The molecule has 2 rings (SSSR count). The quantitative estimate of drug-likeness (QED) is 0.767. The van der Waals surface area contributed by atoms with Crippen LogP contribution in [0.5, 0.6) is 0 Å². The Balaban J connectivity index is 2.07. The van der Waals surface area contributed by atoms with Crippen LogP contribution in [0.2, 0.25) is 0 Å². The van der Waals surface area contributed by atoms with Crippen molar-refractivity contribution >= 4 is 17.7 Å². The highest BCUT2D eigenvalue weighted by Crippen LogP contribution is 2.19. The normalized spacial score (nSPS) is 16.0. The van der Waals surface area contributed by atoms with Crippen LogP contribution in [0.1, 0.15) is 28.8 Å². The number of amides is 2. The molecule has 1 aliphatic heterocycles. The maximum absolute atomic E-state index is 12.1. The van der Waals surface area contributed by atoms with Crippen molar-refractivity contribution in [1.82, 2.24) is 4.90 Å². The van der Waals surface area contributed by atoms with E-state index < -0.39 is 5.97 Å². The van der Waals surface area contributed by atoms with Crippen LogP contribution in [-0.4, -0.2) is 46.3 Å². The average molecular weight is 278 g/mol. The Labute approximate surface area is 117 Å². The van der Waals surface area contributed by atoms with E-state index in [0.29, 0.717) is 31.6 Å². The van der Waals surface area contributed by atoms with Gasteiger partial charge in [0.25, 0.3) is 0 Å². The molecule has 0 unspecified atom stereocenters. The summed E-state index contributed by atoms with van der Waals surface area (Å²) >= 11 is 0. The fraction of sp³-hybridized carbons (Fsp3) is 0.429. The molecule has 0 radical (unpaired) electrons. The zero-order chi connectivity index (χ0) is 14.7. The second kappa shape index (κ2) is 5.92. The van der Waals surface area contributed by atoms with Crippen LogP contribution >= 0.6 is 0 Å². The van der Waals surface area contributed by atoms with Gasteiger partial charge in [-0.2, -0.15) is 0 Å². The third kappa shape index (κ3) is 3.27. The number of carboxylic acid groups (broad SMARTS) is 1. The van der Waals surface area contributed by atoms with Gasteiger partial charge in [0.15, 0.2) is 0 Å². The lowest BCUT2D eigenvalue weighted by Crippen LogP contribution is -2.42. The monoisotopic (exact) mass is 278 g/mol. The first-order valence-corrected chi connectivity index (χ1v) is 6.55. The fourth-order valence-electron chi connectivity index (χ4n) is 2.15. The SMILES string of the molecule is Cc1ccc(C(=O)O)cc1NC(=O)N1CCC(O)CC1. The number of aryl methyl sites for hydroxylation is 1. The highest BCUT2D eigenvalue weighted by molar-refractivity contribution is 5.94. The molecule has 20 heavy (non-hydrogen) atoms. The van der Waals surface area contributed by atoms with Crippen molar-refractivity contribution < 1.29 is 19.8 Å². The molecular formula is C14H18N2O4. The molecule has 1 fully saturated rings. The van der Waals surface area contributed by atoms with Crippen LogP contribution in [0.4, 0.5) is 10.5 Å². The van der Waals surface area contributed by atoms with Crippen molar-refractivity contribution in [3.05, 3.63) is 29.3 Å². The van der Waals surface area contributed by atoms with E-state index in [4.69, 9.17) is 5.11 Å². The summed E-state index contributed by atoms with van der Waals surface area (Å²) < 4.78 is 0. The van der Waals surface area contributed by atoms with E-state index >= 15 is 0 Å². The molecule has 1 heterocycles. The number of benzene rings is 1. The molecule has 0 saturated carbocycles. The second-order valence-electron chi connectivity index (χ2n) is 4.98. The minimum atomic E-state index is -1.03. The van der Waals surface area contributed by atoms with E-state index in [-0.39, 0.29) is 17.7 Å². The minimum absolute atomic E-state index is 0.139. The Hall–Kier alpha value is -2.08. The van der Waals surface area contributed by atoms with E-state index in [1.165, 1.54) is 12.1 Å². The molecule has 6 nitrogen and oxygen atoms in total. The Bertz CT molecular complexity index is 522. The van der Waals surface area contributed by atoms with Crippen LogP contribution < -0.4 is 5.32 Å². The zero-order valence-electron chi connectivity index (χ0n) is 11.3. The highest BCUT2D eigenvalue weighted by Gasteiger charge is 2.21. The van der Waals surface area contributed by atoms with Crippen molar-refractivity contribution in [2.75, 3.05) is 18.4 Å². The van der Waals surface area contributed by atoms with E-state index in [1.807, 2.05) is 0 Å². The molecule has 0 bridgehead atoms. The Morgan fingerprint density at radius 1 is 1.30 bits per heavy atom. The summed E-state index contributed by atoms with van der Waals surface area (Å²) in [6.07, 6.45) is 0.805. The molecule has 6 heteroatoms. The van der Waals surface area contributed by atoms with E-state index in [2.05, 4.69) is 5.32 Å². The van der Waals surface area contributed by atoms with Crippen molar-refractivity contribution in [1.29, 1.82) is 0 Å². The number of aliphatic hydroxyl groups is 1. The largest absolute Gasteiger partial charge is 0.478 e. The van der Waals surface area contributed by atoms with Gasteiger partial charge < -0.3 is 20.4 Å². The number of rotatable bonds is 2. The van der Waals surface area contributed by atoms with Crippen molar-refractivity contribution in [2.24, 2.45) is 0 Å². The number of hydrogen-bond donors (Lipinski definition) is 3. The van der Waals surface area contributed by atoms with Gasteiger partial charge in [-0.3, -0.25) is 0 Å². The molecular weight excluding hydrogens is 260 g/mol. The molecule has 1 aromatic carbocycles. The Kier molecular flexibility index (Phi) is 4.24. The van der Waals surface area contributed by atoms with Crippen molar-refractivity contribution in [3.8, 4) is 0 Å². The number of anilines is 1. The number of carbonyl (C=O) groups excluding carboxylic acids is 1. The third-order valence-electron chi connectivity index (χ3n) is 3.48. The fourth-order valence-corrected chi connectivity index (χ4v) is 2.15. The first kappa shape index (κ1) is 14.3. The standard InChI is InChI=1S/C14H18N2O4/c1-9-2-3-10(13(18)19)8-12(9)15-14(20)16-6-4-11(17)5-7-16/h2-3,8,11,17H,4-7H2,1H3,(H,15,20)(H,18,19). The number of urea groups is 1. The van der Waals surface area contributed by atoms with E-state index in [1.54, 1.807) is 17.9 Å². The van der Waals surface area contributed by atoms with Gasteiger partial charge in [0, 0.05) is 18.8 Å². The predicted molar refractivity (Wildman–Crippen MR) is 74.0 cm³/mol. The number of carbonyl (C=O) groups is 2. The van der Waals surface area contributed by atoms with E-state index in [9.17, 15) is 14.7 Å². The molecule has 0 atom stereocenters. The van der Waals surface area contributed by atoms with Gasteiger partial charge in [0.2, 0.25) is 0 Å². The number of aromatic carboxylic acids is 1. The molecule has 1 aliphatic rings. The molecule has 1 aromatic rings. The smallest absolute Gasteiger partial charge is 0.335 e. The topological polar surface area (TPSA) is 89.9 Å². The summed E-state index contributed by atoms with van der Waals surface area (Å²) in [7, 11) is 0. The highest BCUT2D eigenvalue weighted by atomic mass is 16.4. The molecule has 0 aromatic heterocycles. The van der Waals surface area contributed by atoms with Gasteiger partial charge in [0.1, 0.15) is 0 Å². The predicted octanol–water partition coefficient (Wildman–Crippen LogP) is 1.68. The maximum Gasteiger partial charge on any atom is 0.335 e. The molecule has 0 aliphatic carbocycles. The van der Waals surface area contributed by atoms with Crippen LogP contribution in [0.15, 0.2) is 18.2 Å². The minimum Gasteiger partial charge on any atom is -0.478 e. The first-order chi connectivity index (χ1) is 9.47. The lowest BCUT2D eigenvalue weighted by Gasteiger charge is -2.29. The maximum atomic E-state index is 12.1. The van der Waals surface area contributed by atoms with Gasteiger partial charge >= 0.3 is 12.0 Å². The second-order valence-corrected chi connectivity index (χ2v) is 4.98. The number of carboxylic acids is 1. The molecule has 0 spiro atoms. The third-order valence-corrected chi connectivity index (χ3v) is 3.48. The molecule has 2 amide bonds. The number of nitrogens with one attached hydrogen (secondary N) is 1. The van der Waals surface area contributed by atoms with Crippen LogP contribution in [0.3, 0.4) is 0 Å². The summed E-state index contributed by atoms with van der Waals surface area (Å²) in [6.45, 7) is 2.82. The number of hydrogen-bond acceptors (Lipinski definition) is 3. The van der Waals surface area contributed by atoms with Crippen LogP contribution in [0.25, 0.3) is 0 Å². The van der Waals surface area contributed by atoms with Crippen molar-refractivity contribution in [2.45, 2.75) is 25.9 Å². The lowest BCUT2D eigenvalue weighted by atomic mass is 10.1. The number of likely N-dealkylation sites (tertiary alicyclic amines) is 1. The van der Waals surface area contributed by atoms with E-state index in [0.717, 1.165) is 5.56 Å². The summed E-state index contributed by atoms with van der Waals surface area (Å²) in [4.78, 5) is 24.7. The number of aliphatic hydroxyl groups excluding tert-OH is 1. The molecule has 3 N–H and O–H groups in total. The van der Waals surface area contributed by atoms with Crippen LogP contribution in [0, 0.1) is 6.92 Å². The number of piperidine rings is 1. The average Bonchev–Trinajstić information content (AvgIpc) is 2.41. The summed E-state index contributed by atoms with van der Waals surface area (Å²) in [6, 6.07) is 4.36. The van der Waals surface area contributed by atoms with Crippen LogP contribution in [-0.2, 0) is 0 Å². The number of nitrogens with zero attached hydrogens (tertiary/aromatic N) is 1. The Morgan fingerprint density at radius 3 is 2.55 bits per heavy atom. The summed E-state index contributed by atoms with van der Waals surface area (Å²) in [5, 5.41) is 21.1. The van der Waals surface area contributed by atoms with Gasteiger partial charge in [-0.1, -0.05) is 6.07 Å². The Morgan fingerprint density at radius 2 is 1.95 bits per heavy atom. The summed E-state index contributed by atoms with van der Waals surface area (Å²) in [5.74, 6) is -1.03. The van der Waals surface area contributed by atoms with Gasteiger partial charge in [-0.15, -0.1) is 0 Å². The van der Waals surface area contributed by atoms with Gasteiger partial charge in [0.05, 0.1) is 11.7 Å². The molecule has 1 saturated heterocycles.